The Morgan fingerprint density at radius 2 is 1.91 bits per heavy atom. The van der Waals surface area contributed by atoms with Crippen LogP contribution in [0.25, 0.3) is 0 Å². The predicted octanol–water partition coefficient (Wildman–Crippen LogP) is 2.65. The van der Waals surface area contributed by atoms with Gasteiger partial charge in [-0.15, -0.1) is 22.7 Å². The molecular formula is C13H10N4O3S3. The predicted molar refractivity (Wildman–Crippen MR) is 89.4 cm³/mol. The van der Waals surface area contributed by atoms with Crippen molar-refractivity contribution < 1.29 is 13.2 Å². The summed E-state index contributed by atoms with van der Waals surface area (Å²) < 4.78 is 26.7. The van der Waals surface area contributed by atoms with Gasteiger partial charge in [0.1, 0.15) is 5.69 Å². The molecule has 0 unspecified atom stereocenters. The number of rotatable bonds is 5. The van der Waals surface area contributed by atoms with Crippen LogP contribution in [0.4, 0.5) is 10.8 Å². The largest absolute Gasteiger partial charge is 0.321 e. The quantitative estimate of drug-likeness (QED) is 0.723. The minimum atomic E-state index is -3.70. The topological polar surface area (TPSA) is 101 Å². The summed E-state index contributed by atoms with van der Waals surface area (Å²) in [4.78, 5) is 19.7. The van der Waals surface area contributed by atoms with E-state index < -0.39 is 10.0 Å². The summed E-state index contributed by atoms with van der Waals surface area (Å²) in [5.41, 5.74) is 2.36. The molecular weight excluding hydrogens is 356 g/mol. The number of anilines is 2. The summed E-state index contributed by atoms with van der Waals surface area (Å²) in [7, 11) is -3.70. The average molecular weight is 366 g/mol. The number of sulfonamides is 1. The Balaban J connectivity index is 1.73. The standard InChI is InChI=1S/C13H10N4O3S3/c18-12(11-7-21-8-15-11)16-9-1-3-10(4-2-9)23(19,20)17-13-14-5-6-22-13/h1-8H,(H,14,17)(H,16,18). The van der Waals surface area contributed by atoms with Crippen molar-refractivity contribution in [1.82, 2.24) is 9.97 Å². The molecule has 0 saturated heterocycles. The zero-order chi connectivity index (χ0) is 16.3. The molecule has 0 fully saturated rings. The molecule has 0 atom stereocenters. The van der Waals surface area contributed by atoms with Crippen LogP contribution in [0.5, 0.6) is 0 Å². The molecule has 118 valence electrons. The third-order valence-electron chi connectivity index (χ3n) is 2.74. The van der Waals surface area contributed by atoms with E-state index in [1.165, 1.54) is 53.1 Å². The van der Waals surface area contributed by atoms with Crippen LogP contribution < -0.4 is 10.0 Å². The summed E-state index contributed by atoms with van der Waals surface area (Å²) in [6.07, 6.45) is 1.51. The lowest BCUT2D eigenvalue weighted by Crippen LogP contribution is -2.14. The molecule has 0 radical (unpaired) electrons. The molecule has 3 aromatic rings. The highest BCUT2D eigenvalue weighted by Crippen LogP contribution is 2.19. The number of benzene rings is 1. The Morgan fingerprint density at radius 3 is 2.52 bits per heavy atom. The monoisotopic (exact) mass is 366 g/mol. The van der Waals surface area contributed by atoms with Crippen LogP contribution in [-0.2, 0) is 10.0 Å². The van der Waals surface area contributed by atoms with E-state index in [1.54, 1.807) is 16.3 Å². The van der Waals surface area contributed by atoms with Crippen LogP contribution in [0.3, 0.4) is 0 Å². The van der Waals surface area contributed by atoms with E-state index in [0.717, 1.165) is 0 Å². The van der Waals surface area contributed by atoms with Crippen LogP contribution >= 0.6 is 22.7 Å². The van der Waals surface area contributed by atoms with Gasteiger partial charge < -0.3 is 5.32 Å². The molecule has 1 aromatic carbocycles. The Labute approximate surface area is 140 Å². The molecule has 23 heavy (non-hydrogen) atoms. The molecule has 0 saturated carbocycles. The van der Waals surface area contributed by atoms with Crippen molar-refractivity contribution in [2.75, 3.05) is 10.0 Å². The van der Waals surface area contributed by atoms with Gasteiger partial charge in [0.2, 0.25) is 0 Å². The summed E-state index contributed by atoms with van der Waals surface area (Å²) in [5, 5.41) is 6.25. The van der Waals surface area contributed by atoms with Crippen molar-refractivity contribution in [2.45, 2.75) is 4.90 Å². The molecule has 7 nitrogen and oxygen atoms in total. The highest BCUT2D eigenvalue weighted by Gasteiger charge is 2.15. The van der Waals surface area contributed by atoms with Gasteiger partial charge >= 0.3 is 0 Å². The third kappa shape index (κ3) is 3.73. The SMILES string of the molecule is O=C(Nc1ccc(S(=O)(=O)Nc2nccs2)cc1)c1cscn1. The fourth-order valence-electron chi connectivity index (χ4n) is 1.68. The van der Waals surface area contributed by atoms with Gasteiger partial charge in [-0.25, -0.2) is 18.4 Å². The Bertz CT molecular complexity index is 889. The number of aromatic nitrogens is 2. The summed E-state index contributed by atoms with van der Waals surface area (Å²) in [6, 6.07) is 5.85. The Kier molecular flexibility index (Phi) is 4.37. The van der Waals surface area contributed by atoms with Gasteiger partial charge in [-0.05, 0) is 24.3 Å². The maximum absolute atomic E-state index is 12.2. The molecule has 1 amide bonds. The second-order valence-corrected chi connectivity index (χ2v) is 7.59. The van der Waals surface area contributed by atoms with Crippen molar-refractivity contribution >= 4 is 49.4 Å². The smallest absolute Gasteiger partial charge is 0.275 e. The number of amides is 1. The van der Waals surface area contributed by atoms with E-state index in [9.17, 15) is 13.2 Å². The van der Waals surface area contributed by atoms with Crippen LogP contribution in [0.1, 0.15) is 10.5 Å². The van der Waals surface area contributed by atoms with Gasteiger partial charge in [0.25, 0.3) is 15.9 Å². The summed E-state index contributed by atoms with van der Waals surface area (Å²) >= 11 is 2.51. The van der Waals surface area contributed by atoms with E-state index in [1.807, 2.05) is 0 Å². The summed E-state index contributed by atoms with van der Waals surface area (Å²) in [5.74, 6) is -0.345. The van der Waals surface area contributed by atoms with Crippen molar-refractivity contribution in [3.8, 4) is 0 Å². The van der Waals surface area contributed by atoms with Crippen molar-refractivity contribution in [1.29, 1.82) is 0 Å². The van der Waals surface area contributed by atoms with Gasteiger partial charge in [-0.1, -0.05) is 0 Å². The minimum absolute atomic E-state index is 0.0827. The number of carbonyl (C=O) groups excluding carboxylic acids is 1. The summed E-state index contributed by atoms with van der Waals surface area (Å²) in [6.45, 7) is 0. The number of carbonyl (C=O) groups is 1. The first-order valence-corrected chi connectivity index (χ1v) is 9.57. The first-order valence-electron chi connectivity index (χ1n) is 6.26. The van der Waals surface area contributed by atoms with Crippen molar-refractivity contribution in [2.24, 2.45) is 0 Å². The molecule has 0 aliphatic carbocycles. The number of nitrogens with one attached hydrogen (secondary N) is 2. The lowest BCUT2D eigenvalue weighted by Gasteiger charge is -2.07. The molecule has 2 aromatic heterocycles. The lowest BCUT2D eigenvalue weighted by molar-refractivity contribution is 0.102. The fourth-order valence-corrected chi connectivity index (χ4v) is 4.01. The van der Waals surface area contributed by atoms with E-state index in [2.05, 4.69) is 20.0 Å². The number of thiazole rings is 2. The Morgan fingerprint density at radius 1 is 1.13 bits per heavy atom. The van der Waals surface area contributed by atoms with Gasteiger partial charge in [0.05, 0.1) is 10.4 Å². The van der Waals surface area contributed by atoms with Crippen LogP contribution in [0.15, 0.2) is 51.6 Å². The second-order valence-electron chi connectivity index (χ2n) is 4.29. The van der Waals surface area contributed by atoms with Crippen molar-refractivity contribution in [3.05, 3.63) is 52.4 Å². The van der Waals surface area contributed by atoms with E-state index >= 15 is 0 Å². The Hall–Kier alpha value is -2.30. The zero-order valence-electron chi connectivity index (χ0n) is 11.5. The molecule has 2 heterocycles. The number of hydrogen-bond donors (Lipinski definition) is 2. The van der Waals surface area contributed by atoms with Gasteiger partial charge in [0.15, 0.2) is 5.13 Å². The zero-order valence-corrected chi connectivity index (χ0v) is 13.9. The van der Waals surface area contributed by atoms with Gasteiger partial charge in [-0.2, -0.15) is 0 Å². The second kappa shape index (κ2) is 6.44. The molecule has 0 aliphatic heterocycles. The first-order chi connectivity index (χ1) is 11.0. The lowest BCUT2D eigenvalue weighted by atomic mass is 10.3. The van der Waals surface area contributed by atoms with Crippen LogP contribution in [0, 0.1) is 0 Å². The van der Waals surface area contributed by atoms with E-state index in [-0.39, 0.29) is 10.8 Å². The third-order valence-corrected chi connectivity index (χ3v) is 5.50. The normalized spacial score (nSPS) is 11.1. The van der Waals surface area contributed by atoms with Crippen molar-refractivity contribution in [3.63, 3.8) is 0 Å². The minimum Gasteiger partial charge on any atom is -0.321 e. The van der Waals surface area contributed by atoms with E-state index in [4.69, 9.17) is 0 Å². The molecule has 0 aliphatic rings. The maximum Gasteiger partial charge on any atom is 0.275 e. The van der Waals surface area contributed by atoms with E-state index in [0.29, 0.717) is 16.5 Å². The first kappa shape index (κ1) is 15.6. The van der Waals surface area contributed by atoms with Crippen LogP contribution in [0.2, 0.25) is 0 Å². The van der Waals surface area contributed by atoms with Crippen LogP contribution in [-0.4, -0.2) is 24.3 Å². The van der Waals surface area contributed by atoms with Gasteiger partial charge in [0, 0.05) is 22.6 Å². The average Bonchev–Trinajstić information content (AvgIpc) is 3.20. The fraction of sp³-hybridized carbons (Fsp3) is 0. The van der Waals surface area contributed by atoms with Gasteiger partial charge in [-0.3, -0.25) is 9.52 Å². The highest BCUT2D eigenvalue weighted by atomic mass is 32.2. The number of hydrogen-bond acceptors (Lipinski definition) is 7. The molecule has 2 N–H and O–H groups in total. The molecule has 10 heteroatoms. The molecule has 3 rings (SSSR count). The molecule has 0 bridgehead atoms. The highest BCUT2D eigenvalue weighted by molar-refractivity contribution is 7.93. The number of nitrogens with zero attached hydrogens (tertiary/aromatic N) is 2. The molecule has 0 spiro atoms. The maximum atomic E-state index is 12.2.